The molecule has 2 aliphatic heterocycles. The average molecular weight is 444 g/mol. The molecule has 0 aliphatic carbocycles. The van der Waals surface area contributed by atoms with Crippen LogP contribution in [0, 0.1) is 0 Å². The molecule has 3 N–H and O–H groups in total. The zero-order chi connectivity index (χ0) is 22.6. The monoisotopic (exact) mass is 443 g/mol. The number of piperidine rings is 1. The fourth-order valence-corrected chi connectivity index (χ4v) is 4.42. The molecule has 7 nitrogen and oxygen atoms in total. The fourth-order valence-electron chi connectivity index (χ4n) is 4.42. The molecule has 32 heavy (non-hydrogen) atoms. The van der Waals surface area contributed by atoms with E-state index < -0.39 is 0 Å². The highest BCUT2D eigenvalue weighted by atomic mass is 16.5. The lowest BCUT2D eigenvalue weighted by Gasteiger charge is -2.33. The van der Waals surface area contributed by atoms with Crippen LogP contribution in [0.5, 0.6) is 0 Å². The molecule has 1 amide bonds. The predicted octanol–water partition coefficient (Wildman–Crippen LogP) is 2.92. The summed E-state index contributed by atoms with van der Waals surface area (Å²) in [4.78, 5) is 19.8. The second-order valence-corrected chi connectivity index (χ2v) is 8.90. The summed E-state index contributed by atoms with van der Waals surface area (Å²) in [5, 5.41) is 9.76. The van der Waals surface area contributed by atoms with E-state index in [1.54, 1.807) is 0 Å². The standard InChI is InChI=1S/C25H41N5O2/c1-3-26-25(27-13-8-15-30-14-5-4-9-20(30)2)29-18-21-10-6-11-22(17-21)24(31)28-19-23-12-7-16-32-23/h6,10-11,17,20,23H,3-5,7-9,12-16,18-19H2,1-2H3,(H,28,31)(H2,26,27,29). The number of guanidine groups is 1. The number of amides is 1. The largest absolute Gasteiger partial charge is 0.376 e. The molecule has 1 aromatic rings. The molecule has 0 spiro atoms. The van der Waals surface area contributed by atoms with Gasteiger partial charge >= 0.3 is 0 Å². The van der Waals surface area contributed by atoms with Crippen LogP contribution in [0.2, 0.25) is 0 Å². The van der Waals surface area contributed by atoms with Crippen molar-refractivity contribution in [3.8, 4) is 0 Å². The molecule has 0 bridgehead atoms. The molecule has 0 radical (unpaired) electrons. The number of hydrogen-bond donors (Lipinski definition) is 3. The third-order valence-electron chi connectivity index (χ3n) is 6.32. The van der Waals surface area contributed by atoms with Crippen LogP contribution in [0.4, 0.5) is 0 Å². The zero-order valence-corrected chi connectivity index (χ0v) is 19.9. The Balaban J connectivity index is 1.45. The smallest absolute Gasteiger partial charge is 0.251 e. The maximum Gasteiger partial charge on any atom is 0.251 e. The SMILES string of the molecule is CCNC(=NCc1cccc(C(=O)NCC2CCCO2)c1)NCCCN1CCCCC1C. The van der Waals surface area contributed by atoms with E-state index in [-0.39, 0.29) is 12.0 Å². The molecule has 0 aromatic heterocycles. The number of carbonyl (C=O) groups excluding carboxylic acids is 1. The summed E-state index contributed by atoms with van der Waals surface area (Å²) in [6.45, 7) is 10.4. The highest BCUT2D eigenvalue weighted by molar-refractivity contribution is 5.94. The molecule has 1 aromatic carbocycles. The van der Waals surface area contributed by atoms with Gasteiger partial charge in [-0.05, 0) is 70.2 Å². The summed E-state index contributed by atoms with van der Waals surface area (Å²) < 4.78 is 5.58. The molecule has 7 heteroatoms. The molecule has 2 heterocycles. The van der Waals surface area contributed by atoms with Gasteiger partial charge in [-0.15, -0.1) is 0 Å². The summed E-state index contributed by atoms with van der Waals surface area (Å²) in [6, 6.07) is 8.42. The van der Waals surface area contributed by atoms with Crippen molar-refractivity contribution in [1.82, 2.24) is 20.9 Å². The first-order chi connectivity index (χ1) is 15.7. The van der Waals surface area contributed by atoms with E-state index in [9.17, 15) is 4.79 Å². The third-order valence-corrected chi connectivity index (χ3v) is 6.32. The second kappa shape index (κ2) is 13.4. The van der Waals surface area contributed by atoms with Gasteiger partial charge in [-0.1, -0.05) is 18.6 Å². The second-order valence-electron chi connectivity index (χ2n) is 8.90. The van der Waals surface area contributed by atoms with E-state index in [4.69, 9.17) is 9.73 Å². The number of benzene rings is 1. The maximum absolute atomic E-state index is 12.5. The molecular formula is C25H41N5O2. The van der Waals surface area contributed by atoms with E-state index in [0.717, 1.165) is 57.0 Å². The van der Waals surface area contributed by atoms with E-state index in [1.165, 1.54) is 25.8 Å². The summed E-state index contributed by atoms with van der Waals surface area (Å²) in [7, 11) is 0. The van der Waals surface area contributed by atoms with Gasteiger partial charge in [-0.3, -0.25) is 4.79 Å². The Labute approximate surface area is 193 Å². The summed E-state index contributed by atoms with van der Waals surface area (Å²) in [6.07, 6.45) is 7.37. The van der Waals surface area contributed by atoms with Gasteiger partial charge in [0, 0.05) is 44.4 Å². The predicted molar refractivity (Wildman–Crippen MR) is 130 cm³/mol. The Hall–Kier alpha value is -2.12. The van der Waals surface area contributed by atoms with E-state index in [2.05, 4.69) is 34.7 Å². The number of nitrogens with one attached hydrogen (secondary N) is 3. The lowest BCUT2D eigenvalue weighted by molar-refractivity contribution is 0.0857. The Morgan fingerprint density at radius 1 is 1.19 bits per heavy atom. The molecule has 2 saturated heterocycles. The van der Waals surface area contributed by atoms with Gasteiger partial charge in [-0.25, -0.2) is 4.99 Å². The Morgan fingerprint density at radius 3 is 2.88 bits per heavy atom. The minimum absolute atomic E-state index is 0.0525. The van der Waals surface area contributed by atoms with Gasteiger partial charge in [0.25, 0.3) is 5.91 Å². The molecule has 2 aliphatic rings. The van der Waals surface area contributed by atoms with Crippen LogP contribution in [0.1, 0.15) is 68.3 Å². The number of aliphatic imine (C=N–C) groups is 1. The topological polar surface area (TPSA) is 78.0 Å². The van der Waals surface area contributed by atoms with Gasteiger partial charge in [0.2, 0.25) is 0 Å². The molecule has 178 valence electrons. The van der Waals surface area contributed by atoms with Crippen LogP contribution in [-0.2, 0) is 11.3 Å². The highest BCUT2D eigenvalue weighted by Gasteiger charge is 2.18. The van der Waals surface area contributed by atoms with Gasteiger partial charge in [0.15, 0.2) is 5.96 Å². The molecule has 2 unspecified atom stereocenters. The number of likely N-dealkylation sites (tertiary alicyclic amines) is 1. The molecule has 3 rings (SSSR count). The van der Waals surface area contributed by atoms with Crippen molar-refractivity contribution >= 4 is 11.9 Å². The number of hydrogen-bond acceptors (Lipinski definition) is 4. The van der Waals surface area contributed by atoms with Crippen molar-refractivity contribution < 1.29 is 9.53 Å². The zero-order valence-electron chi connectivity index (χ0n) is 19.9. The van der Waals surface area contributed by atoms with Crippen LogP contribution in [0.25, 0.3) is 0 Å². The molecular weight excluding hydrogens is 402 g/mol. The highest BCUT2D eigenvalue weighted by Crippen LogP contribution is 2.16. The van der Waals surface area contributed by atoms with Crippen LogP contribution in [-0.4, -0.2) is 68.2 Å². The Bertz CT molecular complexity index is 733. The third kappa shape index (κ3) is 8.10. The van der Waals surface area contributed by atoms with Crippen molar-refractivity contribution in [2.75, 3.05) is 39.3 Å². The van der Waals surface area contributed by atoms with E-state index in [0.29, 0.717) is 24.7 Å². The summed E-state index contributed by atoms with van der Waals surface area (Å²) >= 11 is 0. The van der Waals surface area contributed by atoms with Crippen molar-refractivity contribution in [2.24, 2.45) is 4.99 Å². The van der Waals surface area contributed by atoms with Crippen molar-refractivity contribution in [3.63, 3.8) is 0 Å². The first-order valence-electron chi connectivity index (χ1n) is 12.4. The van der Waals surface area contributed by atoms with Crippen molar-refractivity contribution in [1.29, 1.82) is 0 Å². The quantitative estimate of drug-likeness (QED) is 0.294. The van der Waals surface area contributed by atoms with Crippen LogP contribution >= 0.6 is 0 Å². The molecule has 2 atom stereocenters. The first-order valence-corrected chi connectivity index (χ1v) is 12.4. The first kappa shape index (κ1) is 24.5. The van der Waals surface area contributed by atoms with Crippen molar-refractivity contribution in [2.45, 2.75) is 71.1 Å². The number of nitrogens with zero attached hydrogens (tertiary/aromatic N) is 2. The lowest BCUT2D eigenvalue weighted by atomic mass is 10.0. The Morgan fingerprint density at radius 2 is 2.09 bits per heavy atom. The minimum atomic E-state index is -0.0525. The number of rotatable bonds is 10. The number of carbonyl (C=O) groups is 1. The van der Waals surface area contributed by atoms with E-state index >= 15 is 0 Å². The minimum Gasteiger partial charge on any atom is -0.376 e. The number of ether oxygens (including phenoxy) is 1. The average Bonchev–Trinajstić information content (AvgIpc) is 3.33. The summed E-state index contributed by atoms with van der Waals surface area (Å²) in [5.41, 5.74) is 1.69. The molecule has 0 saturated carbocycles. The van der Waals surface area contributed by atoms with Gasteiger partial charge in [-0.2, -0.15) is 0 Å². The van der Waals surface area contributed by atoms with Gasteiger partial charge in [0.05, 0.1) is 12.6 Å². The van der Waals surface area contributed by atoms with Crippen molar-refractivity contribution in [3.05, 3.63) is 35.4 Å². The fraction of sp³-hybridized carbons (Fsp3) is 0.680. The van der Waals surface area contributed by atoms with Gasteiger partial charge < -0.3 is 25.6 Å². The Kier molecular flexibility index (Phi) is 10.3. The van der Waals surface area contributed by atoms with Gasteiger partial charge in [0.1, 0.15) is 0 Å². The van der Waals surface area contributed by atoms with Crippen LogP contribution in [0.15, 0.2) is 29.3 Å². The van der Waals surface area contributed by atoms with Crippen LogP contribution in [0.3, 0.4) is 0 Å². The normalized spacial score (nSPS) is 22.0. The lowest BCUT2D eigenvalue weighted by Crippen LogP contribution is -2.41. The van der Waals surface area contributed by atoms with E-state index in [1.807, 2.05) is 24.3 Å². The van der Waals surface area contributed by atoms with Crippen LogP contribution < -0.4 is 16.0 Å². The maximum atomic E-state index is 12.5. The summed E-state index contributed by atoms with van der Waals surface area (Å²) in [5.74, 6) is 0.774. The molecule has 2 fully saturated rings.